The Morgan fingerprint density at radius 3 is 2.71 bits per heavy atom. The molecular formula is C17H26N4O2S. The molecule has 3 rings (SSSR count). The van der Waals surface area contributed by atoms with Gasteiger partial charge in [-0.15, -0.1) is 11.3 Å². The SMILES string of the molecule is CN(CCO)Cc1c(C(=O)N2CCCCCCC2)nc2sccn12. The summed E-state index contributed by atoms with van der Waals surface area (Å²) in [5.74, 6) is 0.0557. The number of carbonyl (C=O) groups is 1. The topological polar surface area (TPSA) is 61.1 Å². The van der Waals surface area contributed by atoms with Gasteiger partial charge in [-0.05, 0) is 19.9 Å². The minimum Gasteiger partial charge on any atom is -0.395 e. The molecule has 2 aromatic rings. The van der Waals surface area contributed by atoms with Gasteiger partial charge < -0.3 is 10.0 Å². The first-order chi connectivity index (χ1) is 11.7. The molecule has 0 atom stereocenters. The van der Waals surface area contributed by atoms with E-state index in [9.17, 15) is 4.79 Å². The number of likely N-dealkylation sites (N-methyl/N-ethyl adjacent to an activating group) is 1. The summed E-state index contributed by atoms with van der Waals surface area (Å²) in [5, 5.41) is 11.1. The minimum atomic E-state index is 0.0557. The predicted molar refractivity (Wildman–Crippen MR) is 95.5 cm³/mol. The van der Waals surface area contributed by atoms with Crippen molar-refractivity contribution in [3.63, 3.8) is 0 Å². The highest BCUT2D eigenvalue weighted by Crippen LogP contribution is 2.21. The number of amides is 1. The standard InChI is InChI=1S/C17H26N4O2S/c1-19(9-11-22)13-14-15(18-17-21(14)10-12-24-17)16(23)20-7-5-3-2-4-6-8-20/h10,12,22H,2-9,11,13H2,1H3. The number of hydrogen-bond donors (Lipinski definition) is 1. The molecule has 24 heavy (non-hydrogen) atoms. The fourth-order valence-electron chi connectivity index (χ4n) is 3.26. The summed E-state index contributed by atoms with van der Waals surface area (Å²) in [6.07, 6.45) is 7.81. The van der Waals surface area contributed by atoms with Crippen LogP contribution in [-0.2, 0) is 6.54 Å². The first-order valence-electron chi connectivity index (χ1n) is 8.74. The first-order valence-corrected chi connectivity index (χ1v) is 9.62. The Morgan fingerprint density at radius 1 is 1.29 bits per heavy atom. The van der Waals surface area contributed by atoms with Gasteiger partial charge in [-0.25, -0.2) is 4.98 Å². The van der Waals surface area contributed by atoms with E-state index in [-0.39, 0.29) is 12.5 Å². The average Bonchev–Trinajstić information content (AvgIpc) is 3.09. The average molecular weight is 350 g/mol. The molecule has 0 aliphatic carbocycles. The lowest BCUT2D eigenvalue weighted by Gasteiger charge is -2.25. The lowest BCUT2D eigenvalue weighted by molar-refractivity contribution is 0.0735. The number of nitrogens with zero attached hydrogens (tertiary/aromatic N) is 4. The van der Waals surface area contributed by atoms with Crippen molar-refractivity contribution in [2.75, 3.05) is 33.3 Å². The van der Waals surface area contributed by atoms with Crippen molar-refractivity contribution in [1.29, 1.82) is 0 Å². The normalized spacial score (nSPS) is 16.5. The summed E-state index contributed by atoms with van der Waals surface area (Å²) in [4.78, 5) is 22.5. The Bertz CT molecular complexity index is 673. The molecule has 0 radical (unpaired) electrons. The smallest absolute Gasteiger partial charge is 0.274 e. The molecule has 0 saturated carbocycles. The summed E-state index contributed by atoms with van der Waals surface area (Å²) < 4.78 is 2.01. The van der Waals surface area contributed by atoms with Crippen molar-refractivity contribution in [2.45, 2.75) is 38.6 Å². The predicted octanol–water partition coefficient (Wildman–Crippen LogP) is 2.23. The second-order valence-electron chi connectivity index (χ2n) is 6.48. The van der Waals surface area contributed by atoms with Gasteiger partial charge in [0.2, 0.25) is 0 Å². The van der Waals surface area contributed by atoms with Crippen molar-refractivity contribution < 1.29 is 9.90 Å². The monoisotopic (exact) mass is 350 g/mol. The van der Waals surface area contributed by atoms with E-state index in [4.69, 9.17) is 5.11 Å². The van der Waals surface area contributed by atoms with Crippen molar-refractivity contribution in [1.82, 2.24) is 19.2 Å². The largest absolute Gasteiger partial charge is 0.395 e. The zero-order chi connectivity index (χ0) is 16.9. The number of aromatic nitrogens is 2. The van der Waals surface area contributed by atoms with Gasteiger partial charge in [0.25, 0.3) is 5.91 Å². The number of fused-ring (bicyclic) bond motifs is 1. The minimum absolute atomic E-state index is 0.0557. The summed E-state index contributed by atoms with van der Waals surface area (Å²) in [7, 11) is 1.95. The van der Waals surface area contributed by atoms with E-state index < -0.39 is 0 Å². The summed E-state index contributed by atoms with van der Waals surface area (Å²) >= 11 is 1.55. The van der Waals surface area contributed by atoms with Crippen LogP contribution in [0.25, 0.3) is 4.96 Å². The lowest BCUT2D eigenvalue weighted by atomic mass is 10.1. The second kappa shape index (κ2) is 8.09. The quantitative estimate of drug-likeness (QED) is 0.898. The Labute approximate surface area is 146 Å². The number of aliphatic hydroxyl groups excluding tert-OH is 1. The van der Waals surface area contributed by atoms with Crippen LogP contribution in [0.4, 0.5) is 0 Å². The Kier molecular flexibility index (Phi) is 5.86. The molecule has 7 heteroatoms. The van der Waals surface area contributed by atoms with Crippen LogP contribution in [-0.4, -0.2) is 63.5 Å². The molecule has 0 unspecified atom stereocenters. The number of imidazole rings is 1. The van der Waals surface area contributed by atoms with Crippen LogP contribution in [0.5, 0.6) is 0 Å². The van der Waals surface area contributed by atoms with E-state index in [1.165, 1.54) is 19.3 Å². The zero-order valence-corrected chi connectivity index (χ0v) is 15.1. The number of likely N-dealkylation sites (tertiary alicyclic amines) is 1. The van der Waals surface area contributed by atoms with Crippen LogP contribution in [0.3, 0.4) is 0 Å². The third-order valence-electron chi connectivity index (χ3n) is 4.61. The van der Waals surface area contributed by atoms with Gasteiger partial charge in [-0.1, -0.05) is 19.3 Å². The highest BCUT2D eigenvalue weighted by molar-refractivity contribution is 7.15. The summed E-state index contributed by atoms with van der Waals surface area (Å²) in [5.41, 5.74) is 1.50. The molecule has 132 valence electrons. The van der Waals surface area contributed by atoms with Crippen LogP contribution >= 0.6 is 11.3 Å². The molecule has 0 aromatic carbocycles. The van der Waals surface area contributed by atoms with Crippen molar-refractivity contribution >= 4 is 22.2 Å². The van der Waals surface area contributed by atoms with E-state index in [0.717, 1.165) is 36.6 Å². The van der Waals surface area contributed by atoms with E-state index in [1.54, 1.807) is 11.3 Å². The Hall–Kier alpha value is -1.44. The van der Waals surface area contributed by atoms with Gasteiger partial charge >= 0.3 is 0 Å². The fourth-order valence-corrected chi connectivity index (χ4v) is 3.99. The maximum atomic E-state index is 13.1. The van der Waals surface area contributed by atoms with E-state index >= 15 is 0 Å². The molecule has 1 aliphatic rings. The molecule has 0 spiro atoms. The molecular weight excluding hydrogens is 324 g/mol. The highest BCUT2D eigenvalue weighted by atomic mass is 32.1. The number of rotatable bonds is 5. The van der Waals surface area contributed by atoms with Gasteiger partial charge in [0, 0.05) is 37.8 Å². The van der Waals surface area contributed by atoms with Gasteiger partial charge in [0.1, 0.15) is 0 Å². The Balaban J connectivity index is 1.86. The van der Waals surface area contributed by atoms with Crippen LogP contribution in [0.15, 0.2) is 11.6 Å². The molecule has 0 bridgehead atoms. The zero-order valence-electron chi connectivity index (χ0n) is 14.3. The molecule has 1 amide bonds. The van der Waals surface area contributed by atoms with Gasteiger partial charge in [0.05, 0.1) is 12.3 Å². The number of thiazole rings is 1. The van der Waals surface area contributed by atoms with Gasteiger partial charge in [-0.3, -0.25) is 14.1 Å². The first kappa shape index (κ1) is 17.4. The fraction of sp³-hybridized carbons (Fsp3) is 0.647. The van der Waals surface area contributed by atoms with Gasteiger partial charge in [-0.2, -0.15) is 0 Å². The third-order valence-corrected chi connectivity index (χ3v) is 5.36. The number of carbonyl (C=O) groups excluding carboxylic acids is 1. The Morgan fingerprint density at radius 2 is 2.00 bits per heavy atom. The van der Waals surface area contributed by atoms with Crippen LogP contribution in [0, 0.1) is 0 Å². The molecule has 1 fully saturated rings. The van der Waals surface area contributed by atoms with E-state index in [1.807, 2.05) is 32.8 Å². The van der Waals surface area contributed by atoms with Crippen LogP contribution in [0.1, 0.15) is 48.3 Å². The van der Waals surface area contributed by atoms with E-state index in [0.29, 0.717) is 18.8 Å². The summed E-state index contributed by atoms with van der Waals surface area (Å²) in [6, 6.07) is 0. The summed E-state index contributed by atoms with van der Waals surface area (Å²) in [6.45, 7) is 2.95. The third kappa shape index (κ3) is 3.79. The number of aliphatic hydroxyl groups is 1. The van der Waals surface area contributed by atoms with E-state index in [2.05, 4.69) is 4.98 Å². The molecule has 2 aromatic heterocycles. The van der Waals surface area contributed by atoms with Crippen molar-refractivity contribution in [3.05, 3.63) is 23.0 Å². The second-order valence-corrected chi connectivity index (χ2v) is 7.36. The molecule has 1 aliphatic heterocycles. The molecule has 6 nitrogen and oxygen atoms in total. The number of hydrogen-bond acceptors (Lipinski definition) is 5. The molecule has 3 heterocycles. The maximum Gasteiger partial charge on any atom is 0.274 e. The van der Waals surface area contributed by atoms with Crippen molar-refractivity contribution in [2.24, 2.45) is 0 Å². The molecule has 1 saturated heterocycles. The van der Waals surface area contributed by atoms with Gasteiger partial charge in [0.15, 0.2) is 10.7 Å². The van der Waals surface area contributed by atoms with Crippen LogP contribution < -0.4 is 0 Å². The highest BCUT2D eigenvalue weighted by Gasteiger charge is 2.25. The van der Waals surface area contributed by atoms with Crippen molar-refractivity contribution in [3.8, 4) is 0 Å². The maximum absolute atomic E-state index is 13.1. The van der Waals surface area contributed by atoms with Crippen LogP contribution in [0.2, 0.25) is 0 Å². The lowest BCUT2D eigenvalue weighted by Crippen LogP contribution is -2.35. The molecule has 1 N–H and O–H groups in total.